The summed E-state index contributed by atoms with van der Waals surface area (Å²) in [6, 6.07) is 1.46. The first kappa shape index (κ1) is 11.4. The molecular formula is C10H12FIN2. The van der Waals surface area contributed by atoms with Gasteiger partial charge in [0.05, 0.1) is 9.77 Å². The van der Waals surface area contributed by atoms with Gasteiger partial charge < -0.3 is 5.32 Å². The second-order valence-electron chi connectivity index (χ2n) is 2.77. The van der Waals surface area contributed by atoms with Gasteiger partial charge in [-0.3, -0.25) is 0 Å². The minimum Gasteiger partial charge on any atom is -0.369 e. The van der Waals surface area contributed by atoms with Crippen LogP contribution in [0.1, 0.15) is 13.3 Å². The Morgan fingerprint density at radius 3 is 3.07 bits per heavy atom. The van der Waals surface area contributed by atoms with Crippen molar-refractivity contribution in [1.29, 1.82) is 0 Å². The van der Waals surface area contributed by atoms with Crippen molar-refractivity contribution in [3.8, 4) is 0 Å². The summed E-state index contributed by atoms with van der Waals surface area (Å²) >= 11 is 2.06. The van der Waals surface area contributed by atoms with Crippen molar-refractivity contribution in [2.45, 2.75) is 13.3 Å². The van der Waals surface area contributed by atoms with Gasteiger partial charge in [0.2, 0.25) is 0 Å². The lowest BCUT2D eigenvalue weighted by molar-refractivity contribution is 0.620. The van der Waals surface area contributed by atoms with Crippen molar-refractivity contribution >= 4 is 28.4 Å². The van der Waals surface area contributed by atoms with Crippen molar-refractivity contribution in [2.24, 2.45) is 0 Å². The lowest BCUT2D eigenvalue weighted by Crippen LogP contribution is -2.04. The van der Waals surface area contributed by atoms with Crippen LogP contribution in [-0.2, 0) is 0 Å². The van der Waals surface area contributed by atoms with E-state index < -0.39 is 0 Å². The molecule has 0 amide bonds. The molecule has 4 heteroatoms. The van der Waals surface area contributed by atoms with E-state index in [-0.39, 0.29) is 5.82 Å². The van der Waals surface area contributed by atoms with Crippen LogP contribution in [-0.4, -0.2) is 11.5 Å². The molecule has 0 aromatic carbocycles. The molecule has 0 atom stereocenters. The first-order valence-electron chi connectivity index (χ1n) is 4.40. The largest absolute Gasteiger partial charge is 0.369 e. The third-order valence-electron chi connectivity index (χ3n) is 1.65. The lowest BCUT2D eigenvalue weighted by atomic mass is 10.3. The molecule has 2 nitrogen and oxygen atoms in total. The van der Waals surface area contributed by atoms with Gasteiger partial charge in [-0.05, 0) is 42.0 Å². The van der Waals surface area contributed by atoms with Gasteiger partial charge in [0.25, 0.3) is 0 Å². The first-order valence-corrected chi connectivity index (χ1v) is 5.48. The fourth-order valence-electron chi connectivity index (χ4n) is 0.985. The fourth-order valence-corrected chi connectivity index (χ4v) is 1.61. The van der Waals surface area contributed by atoms with Gasteiger partial charge in [0.15, 0.2) is 0 Å². The van der Waals surface area contributed by atoms with Crippen LogP contribution in [0.25, 0.3) is 0 Å². The maximum Gasteiger partial charge on any atom is 0.142 e. The SMILES string of the molecule is C/C=C/CCNc1ncc(F)cc1I. The summed E-state index contributed by atoms with van der Waals surface area (Å²) in [6.07, 6.45) is 6.25. The molecule has 1 rings (SSSR count). The molecule has 0 saturated carbocycles. The van der Waals surface area contributed by atoms with Crippen LogP contribution < -0.4 is 5.32 Å². The van der Waals surface area contributed by atoms with Crippen molar-refractivity contribution in [2.75, 3.05) is 11.9 Å². The van der Waals surface area contributed by atoms with E-state index in [4.69, 9.17) is 0 Å². The van der Waals surface area contributed by atoms with E-state index in [2.05, 4.69) is 39.0 Å². The van der Waals surface area contributed by atoms with Crippen LogP contribution in [0, 0.1) is 9.39 Å². The number of anilines is 1. The Labute approximate surface area is 96.8 Å². The summed E-state index contributed by atoms with van der Waals surface area (Å²) in [4.78, 5) is 3.96. The molecule has 1 heterocycles. The fraction of sp³-hybridized carbons (Fsp3) is 0.300. The van der Waals surface area contributed by atoms with Crippen LogP contribution in [0.5, 0.6) is 0 Å². The van der Waals surface area contributed by atoms with Crippen LogP contribution in [0.15, 0.2) is 24.4 Å². The molecule has 14 heavy (non-hydrogen) atoms. The average Bonchev–Trinajstić information content (AvgIpc) is 2.15. The van der Waals surface area contributed by atoms with Gasteiger partial charge in [-0.2, -0.15) is 0 Å². The predicted octanol–water partition coefficient (Wildman–Crippen LogP) is 3.20. The predicted molar refractivity (Wildman–Crippen MR) is 64.8 cm³/mol. The zero-order valence-electron chi connectivity index (χ0n) is 7.93. The Kier molecular flexibility index (Phi) is 4.86. The number of halogens is 2. The number of rotatable bonds is 4. The standard InChI is InChI=1S/C10H12FIN2/c1-2-3-4-5-13-10-9(12)6-8(11)7-14-10/h2-3,6-7H,4-5H2,1H3,(H,13,14)/b3-2+. The van der Waals surface area contributed by atoms with Gasteiger partial charge in [-0.15, -0.1) is 0 Å². The number of aromatic nitrogens is 1. The van der Waals surface area contributed by atoms with Crippen molar-refractivity contribution in [3.05, 3.63) is 33.8 Å². The molecule has 1 aromatic rings. The van der Waals surface area contributed by atoms with Crippen LogP contribution >= 0.6 is 22.6 Å². The van der Waals surface area contributed by atoms with E-state index in [0.717, 1.165) is 22.4 Å². The number of pyridine rings is 1. The Morgan fingerprint density at radius 2 is 2.43 bits per heavy atom. The Bertz CT molecular complexity index is 326. The zero-order valence-corrected chi connectivity index (χ0v) is 10.1. The summed E-state index contributed by atoms with van der Waals surface area (Å²) in [5, 5.41) is 3.14. The maximum absolute atomic E-state index is 12.7. The Hall–Kier alpha value is -0.650. The molecule has 1 N–H and O–H groups in total. The molecule has 0 aliphatic heterocycles. The molecule has 0 spiro atoms. The number of nitrogens with zero attached hydrogens (tertiary/aromatic N) is 1. The molecule has 0 unspecified atom stereocenters. The highest BCUT2D eigenvalue weighted by molar-refractivity contribution is 14.1. The molecule has 0 fully saturated rings. The lowest BCUT2D eigenvalue weighted by Gasteiger charge is -2.05. The van der Waals surface area contributed by atoms with E-state index >= 15 is 0 Å². The van der Waals surface area contributed by atoms with E-state index in [1.807, 2.05) is 13.0 Å². The molecule has 1 aromatic heterocycles. The highest BCUT2D eigenvalue weighted by Crippen LogP contribution is 2.15. The Morgan fingerprint density at radius 1 is 1.64 bits per heavy atom. The molecule has 0 aliphatic carbocycles. The summed E-state index contributed by atoms with van der Waals surface area (Å²) in [5.74, 6) is 0.449. The van der Waals surface area contributed by atoms with E-state index in [9.17, 15) is 4.39 Å². The molecule has 0 radical (unpaired) electrons. The summed E-state index contributed by atoms with van der Waals surface area (Å²) in [6.45, 7) is 2.80. The number of hydrogen-bond donors (Lipinski definition) is 1. The quantitative estimate of drug-likeness (QED) is 0.525. The topological polar surface area (TPSA) is 24.9 Å². The molecule has 0 saturated heterocycles. The zero-order chi connectivity index (χ0) is 10.4. The minimum absolute atomic E-state index is 0.298. The maximum atomic E-state index is 12.7. The monoisotopic (exact) mass is 306 g/mol. The second-order valence-corrected chi connectivity index (χ2v) is 3.93. The summed E-state index contributed by atoms with van der Waals surface area (Å²) in [5.41, 5.74) is 0. The van der Waals surface area contributed by atoms with Gasteiger partial charge in [-0.25, -0.2) is 9.37 Å². The second kappa shape index (κ2) is 5.95. The van der Waals surface area contributed by atoms with Gasteiger partial charge in [-0.1, -0.05) is 12.2 Å². The molecule has 0 aliphatic rings. The third kappa shape index (κ3) is 3.61. The van der Waals surface area contributed by atoms with Gasteiger partial charge in [0.1, 0.15) is 11.6 Å². The van der Waals surface area contributed by atoms with Crippen molar-refractivity contribution in [1.82, 2.24) is 4.98 Å². The van der Waals surface area contributed by atoms with E-state index in [1.165, 1.54) is 12.3 Å². The first-order chi connectivity index (χ1) is 6.74. The summed E-state index contributed by atoms with van der Waals surface area (Å²) in [7, 11) is 0. The molecular weight excluding hydrogens is 294 g/mol. The van der Waals surface area contributed by atoms with Gasteiger partial charge in [0, 0.05) is 6.54 Å². The summed E-state index contributed by atoms with van der Waals surface area (Å²) < 4.78 is 13.5. The van der Waals surface area contributed by atoms with Crippen LogP contribution in [0.2, 0.25) is 0 Å². The smallest absolute Gasteiger partial charge is 0.142 e. The molecule has 0 bridgehead atoms. The van der Waals surface area contributed by atoms with Crippen molar-refractivity contribution in [3.63, 3.8) is 0 Å². The molecule has 76 valence electrons. The normalized spacial score (nSPS) is 10.8. The highest BCUT2D eigenvalue weighted by Gasteiger charge is 2.00. The number of nitrogens with one attached hydrogen (secondary N) is 1. The van der Waals surface area contributed by atoms with Crippen molar-refractivity contribution < 1.29 is 4.39 Å². The highest BCUT2D eigenvalue weighted by atomic mass is 127. The number of allylic oxidation sites excluding steroid dienone is 1. The van der Waals surface area contributed by atoms with E-state index in [1.54, 1.807) is 0 Å². The van der Waals surface area contributed by atoms with E-state index in [0.29, 0.717) is 0 Å². The van der Waals surface area contributed by atoms with Crippen LogP contribution in [0.4, 0.5) is 10.2 Å². The average molecular weight is 306 g/mol. The third-order valence-corrected chi connectivity index (χ3v) is 2.47. The van der Waals surface area contributed by atoms with Crippen LogP contribution in [0.3, 0.4) is 0 Å². The minimum atomic E-state index is -0.298. The van der Waals surface area contributed by atoms with Gasteiger partial charge >= 0.3 is 0 Å². The Balaban J connectivity index is 2.50. The number of hydrogen-bond acceptors (Lipinski definition) is 2.